The molecular weight excluding hydrogens is 472 g/mol. The summed E-state index contributed by atoms with van der Waals surface area (Å²) in [6.07, 6.45) is 0. The number of rotatable bonds is 8. The number of nitrogens with zero attached hydrogens (tertiary/aromatic N) is 1. The zero-order valence-electron chi connectivity index (χ0n) is 19.0. The molecule has 32 heavy (non-hydrogen) atoms. The molecule has 0 unspecified atom stereocenters. The summed E-state index contributed by atoms with van der Waals surface area (Å²) in [6.45, 7) is 7.17. The molecule has 3 atom stereocenters. The van der Waals surface area contributed by atoms with E-state index in [2.05, 4.69) is 9.12 Å². The fraction of sp³-hybridized carbons (Fsp3) is 0.409. The lowest BCUT2D eigenvalue weighted by Gasteiger charge is -2.25. The highest BCUT2D eigenvalue weighted by atomic mass is 35.5. The van der Waals surface area contributed by atoms with Gasteiger partial charge in [-0.25, -0.2) is 17.3 Å². The predicted octanol–water partition coefficient (Wildman–Crippen LogP) is 4.14. The van der Waals surface area contributed by atoms with E-state index in [1.54, 1.807) is 57.2 Å². The Morgan fingerprint density at radius 2 is 1.62 bits per heavy atom. The Bertz CT molecular complexity index is 1060. The number of sulfonamides is 1. The maximum Gasteiger partial charge on any atom is 0.241 e. The van der Waals surface area contributed by atoms with Gasteiger partial charge >= 0.3 is 0 Å². The van der Waals surface area contributed by atoms with Crippen LogP contribution in [0.5, 0.6) is 5.75 Å². The van der Waals surface area contributed by atoms with Gasteiger partial charge in [-0.1, -0.05) is 29.8 Å². The van der Waals surface area contributed by atoms with Crippen molar-refractivity contribution in [2.75, 3.05) is 14.2 Å². The van der Waals surface area contributed by atoms with Crippen molar-refractivity contribution in [2.45, 2.75) is 48.8 Å². The van der Waals surface area contributed by atoms with E-state index in [0.29, 0.717) is 11.3 Å². The van der Waals surface area contributed by atoms with Gasteiger partial charge in [-0.3, -0.25) is 0 Å². The van der Waals surface area contributed by atoms with Crippen LogP contribution in [0, 0.1) is 6.92 Å². The van der Waals surface area contributed by atoms with E-state index in [9.17, 15) is 12.6 Å². The average Bonchev–Trinajstić information content (AvgIpc) is 2.75. The summed E-state index contributed by atoms with van der Waals surface area (Å²) < 4.78 is 55.4. The first-order valence-electron chi connectivity index (χ1n) is 9.80. The lowest BCUT2D eigenvalue weighted by Crippen LogP contribution is -2.38. The number of aryl methyl sites for hydroxylation is 1. The van der Waals surface area contributed by atoms with Crippen LogP contribution in [0.2, 0.25) is 0 Å². The zero-order valence-corrected chi connectivity index (χ0v) is 21.3. The maximum absolute atomic E-state index is 13.1. The van der Waals surface area contributed by atoms with Crippen molar-refractivity contribution in [1.82, 2.24) is 4.72 Å². The van der Waals surface area contributed by atoms with Gasteiger partial charge in [0, 0.05) is 0 Å². The van der Waals surface area contributed by atoms with Crippen LogP contribution >= 0.6 is 11.6 Å². The van der Waals surface area contributed by atoms with Crippen molar-refractivity contribution < 1.29 is 22.1 Å². The molecule has 0 aromatic heterocycles. The second kappa shape index (κ2) is 10.8. The van der Waals surface area contributed by atoms with Crippen LogP contribution in [0.1, 0.15) is 37.9 Å². The highest BCUT2D eigenvalue weighted by Crippen LogP contribution is 2.28. The van der Waals surface area contributed by atoms with Crippen molar-refractivity contribution in [3.63, 3.8) is 0 Å². The summed E-state index contributed by atoms with van der Waals surface area (Å²) in [5.41, 5.74) is 1.50. The summed E-state index contributed by atoms with van der Waals surface area (Å²) in [4.78, 5) is 0.0969. The molecule has 0 fully saturated rings. The third-order valence-electron chi connectivity index (χ3n) is 4.52. The number of benzene rings is 2. The number of alkyl halides is 1. The molecule has 10 heteroatoms. The van der Waals surface area contributed by atoms with Gasteiger partial charge in [-0.15, -0.1) is 11.6 Å². The van der Waals surface area contributed by atoms with Gasteiger partial charge in [-0.05, 0) is 57.5 Å². The van der Waals surface area contributed by atoms with Crippen LogP contribution in [0.25, 0.3) is 0 Å². The highest BCUT2D eigenvalue weighted by molar-refractivity contribution is 7.89. The molecule has 2 aromatic rings. The fourth-order valence-corrected chi connectivity index (χ4v) is 4.96. The van der Waals surface area contributed by atoms with Gasteiger partial charge in [-0.2, -0.15) is 4.40 Å². The number of ether oxygens (including phenoxy) is 2. The molecule has 7 nitrogen and oxygen atoms in total. The Hall–Kier alpha value is -1.94. The minimum atomic E-state index is -3.94. The molecule has 176 valence electrons. The Kier molecular flexibility index (Phi) is 8.87. The van der Waals surface area contributed by atoms with E-state index in [1.807, 2.05) is 6.92 Å². The van der Waals surface area contributed by atoms with Gasteiger partial charge in [0.1, 0.15) is 22.1 Å². The zero-order chi connectivity index (χ0) is 24.1. The standard InChI is InChI=1S/C22H29ClN2O5S2/c1-15-7-13-18(14-8-15)32(27,28)25-20(16-9-11-17(29-5)12-10-16)19(23)21(30-6)24-31(26)22(2,3)4/h7-14,19-20,25H,1-6H3/b24-21-/t19-,20-,31-/m1/s1. The molecule has 0 saturated carbocycles. The van der Waals surface area contributed by atoms with Crippen molar-refractivity contribution in [1.29, 1.82) is 0 Å². The van der Waals surface area contributed by atoms with E-state index in [1.165, 1.54) is 26.4 Å². The fourth-order valence-electron chi connectivity index (χ4n) is 2.62. The number of hydrogen-bond acceptors (Lipinski definition) is 5. The second-order valence-electron chi connectivity index (χ2n) is 8.08. The number of nitrogens with one attached hydrogen (secondary N) is 1. The SMILES string of the molecule is CO/C(=N\[S@](=O)C(C)(C)C)[C@H](Cl)[C@H](NS(=O)(=O)c1ccc(C)cc1)c1ccc(OC)cc1. The molecule has 0 saturated heterocycles. The Morgan fingerprint density at radius 3 is 2.09 bits per heavy atom. The number of methoxy groups -OCH3 is 2. The lowest BCUT2D eigenvalue weighted by molar-refractivity contribution is 0.384. The molecule has 0 aliphatic heterocycles. The van der Waals surface area contributed by atoms with Crippen molar-refractivity contribution in [3.8, 4) is 5.75 Å². The van der Waals surface area contributed by atoms with Gasteiger partial charge in [0.05, 0.1) is 29.9 Å². The second-order valence-corrected chi connectivity index (χ2v) is 12.2. The molecule has 2 rings (SSSR count). The molecule has 0 heterocycles. The normalized spacial score (nSPS) is 15.7. The molecular formula is C22H29ClN2O5S2. The van der Waals surface area contributed by atoms with E-state index in [0.717, 1.165) is 5.56 Å². The first kappa shape index (κ1) is 26.3. The molecule has 0 aliphatic carbocycles. The van der Waals surface area contributed by atoms with Gasteiger partial charge in [0.25, 0.3) is 0 Å². The highest BCUT2D eigenvalue weighted by Gasteiger charge is 2.33. The first-order chi connectivity index (χ1) is 14.9. The van der Waals surface area contributed by atoms with E-state index in [4.69, 9.17) is 21.1 Å². The van der Waals surface area contributed by atoms with Crippen LogP contribution < -0.4 is 9.46 Å². The topological polar surface area (TPSA) is 94.1 Å². The van der Waals surface area contributed by atoms with Crippen molar-refractivity contribution >= 4 is 38.5 Å². The molecule has 0 aliphatic rings. The minimum absolute atomic E-state index is 0.0349. The third kappa shape index (κ3) is 6.78. The number of halogens is 1. The van der Waals surface area contributed by atoms with Crippen LogP contribution in [0.15, 0.2) is 57.8 Å². The summed E-state index contributed by atoms with van der Waals surface area (Å²) in [6, 6.07) is 12.3. The molecule has 2 aromatic carbocycles. The summed E-state index contributed by atoms with van der Waals surface area (Å²) in [7, 11) is -2.69. The van der Waals surface area contributed by atoms with Gasteiger partial charge in [0.15, 0.2) is 0 Å². The molecule has 0 bridgehead atoms. The monoisotopic (exact) mass is 500 g/mol. The molecule has 1 N–H and O–H groups in total. The van der Waals surface area contributed by atoms with Gasteiger partial charge in [0.2, 0.25) is 15.9 Å². The van der Waals surface area contributed by atoms with E-state index < -0.39 is 37.2 Å². The summed E-state index contributed by atoms with van der Waals surface area (Å²) in [5, 5.41) is -1.07. The minimum Gasteiger partial charge on any atom is -0.497 e. The predicted molar refractivity (Wildman–Crippen MR) is 129 cm³/mol. The van der Waals surface area contributed by atoms with Crippen LogP contribution in [0.3, 0.4) is 0 Å². The van der Waals surface area contributed by atoms with Crippen LogP contribution in [-0.4, -0.2) is 42.9 Å². The summed E-state index contributed by atoms with van der Waals surface area (Å²) in [5.74, 6) is 0.571. The number of hydrogen-bond donors (Lipinski definition) is 1. The largest absolute Gasteiger partial charge is 0.497 e. The summed E-state index contributed by atoms with van der Waals surface area (Å²) >= 11 is 6.69. The van der Waals surface area contributed by atoms with E-state index in [-0.39, 0.29) is 10.8 Å². The molecule has 0 radical (unpaired) electrons. The van der Waals surface area contributed by atoms with E-state index >= 15 is 0 Å². The average molecular weight is 501 g/mol. The van der Waals surface area contributed by atoms with Crippen molar-refractivity contribution in [2.24, 2.45) is 4.40 Å². The van der Waals surface area contributed by atoms with Gasteiger partial charge < -0.3 is 9.47 Å². The van der Waals surface area contributed by atoms with Crippen molar-refractivity contribution in [3.05, 3.63) is 59.7 Å². The smallest absolute Gasteiger partial charge is 0.241 e. The Labute approximate surface area is 197 Å². The third-order valence-corrected chi connectivity index (χ3v) is 7.81. The lowest BCUT2D eigenvalue weighted by atomic mass is 10.0. The van der Waals surface area contributed by atoms with Crippen LogP contribution in [-0.2, 0) is 25.7 Å². The first-order valence-corrected chi connectivity index (χ1v) is 12.8. The quantitative estimate of drug-likeness (QED) is 0.334. The maximum atomic E-state index is 13.1. The molecule has 0 amide bonds. The Balaban J connectivity index is 2.51. The van der Waals surface area contributed by atoms with Crippen LogP contribution in [0.4, 0.5) is 0 Å². The Morgan fingerprint density at radius 1 is 1.06 bits per heavy atom. The molecule has 0 spiro atoms.